The average Bonchev–Trinajstić information content (AvgIpc) is 2.70. The zero-order valence-corrected chi connectivity index (χ0v) is 16.9. The third-order valence-corrected chi connectivity index (χ3v) is 5.68. The molecule has 0 bridgehead atoms. The lowest BCUT2D eigenvalue weighted by atomic mass is 9.94. The van der Waals surface area contributed by atoms with Crippen molar-refractivity contribution in [2.24, 2.45) is 10.7 Å². The first kappa shape index (κ1) is 20.1. The van der Waals surface area contributed by atoms with E-state index in [0.29, 0.717) is 12.5 Å². The van der Waals surface area contributed by atoms with Crippen LogP contribution in [0.15, 0.2) is 29.3 Å². The molecular weight excluding hydrogens is 338 g/mol. The summed E-state index contributed by atoms with van der Waals surface area (Å²) in [6.07, 6.45) is 2.18. The first-order valence-electron chi connectivity index (χ1n) is 10.2. The van der Waals surface area contributed by atoms with Crippen molar-refractivity contribution in [3.8, 4) is 0 Å². The Balaban J connectivity index is 1.40. The Labute approximate surface area is 163 Å². The van der Waals surface area contributed by atoms with Crippen molar-refractivity contribution in [1.29, 1.82) is 0 Å². The summed E-state index contributed by atoms with van der Waals surface area (Å²) in [6.45, 7) is 13.0. The topological polar surface area (TPSA) is 66.1 Å². The van der Waals surface area contributed by atoms with Gasteiger partial charge in [-0.3, -0.25) is 14.8 Å². The molecule has 1 fully saturated rings. The maximum absolute atomic E-state index is 6.09. The monoisotopic (exact) mass is 373 g/mol. The number of morpholine rings is 1. The molecule has 0 spiro atoms. The number of nitrogens with two attached hydrogens (primary N) is 1. The minimum atomic E-state index is -0.00632. The molecule has 0 aliphatic carbocycles. The largest absolute Gasteiger partial charge is 0.379 e. The summed E-state index contributed by atoms with van der Waals surface area (Å²) >= 11 is 0. The third-order valence-electron chi connectivity index (χ3n) is 5.68. The minimum absolute atomic E-state index is 0.00632. The molecule has 0 saturated carbocycles. The molecule has 3 N–H and O–H groups in total. The van der Waals surface area contributed by atoms with E-state index in [2.05, 4.69) is 58.2 Å². The maximum Gasteiger partial charge on any atom is 0.188 e. The molecule has 150 valence electrons. The van der Waals surface area contributed by atoms with Gasteiger partial charge in [-0.1, -0.05) is 24.3 Å². The summed E-state index contributed by atoms with van der Waals surface area (Å²) in [5.41, 5.74) is 9.01. The van der Waals surface area contributed by atoms with E-state index in [1.54, 1.807) is 0 Å². The molecular formula is C21H35N5O. The SMILES string of the molecule is CC(C)(CN=C(N)NCCCN1CCOCC1)N1CCc2ccccc2C1. The summed E-state index contributed by atoms with van der Waals surface area (Å²) < 4.78 is 5.38. The number of hydrogen-bond donors (Lipinski definition) is 2. The molecule has 2 aliphatic rings. The summed E-state index contributed by atoms with van der Waals surface area (Å²) in [4.78, 5) is 9.58. The van der Waals surface area contributed by atoms with Crippen molar-refractivity contribution < 1.29 is 4.74 Å². The number of fused-ring (bicyclic) bond motifs is 1. The van der Waals surface area contributed by atoms with Gasteiger partial charge in [0.1, 0.15) is 0 Å². The Morgan fingerprint density at radius 2 is 1.93 bits per heavy atom. The lowest BCUT2D eigenvalue weighted by molar-refractivity contribution is 0.0376. The molecule has 0 atom stereocenters. The van der Waals surface area contributed by atoms with E-state index in [-0.39, 0.29) is 5.54 Å². The predicted octanol–water partition coefficient (Wildman–Crippen LogP) is 1.45. The van der Waals surface area contributed by atoms with Crippen LogP contribution in [0.1, 0.15) is 31.4 Å². The number of guanidine groups is 1. The molecule has 1 aromatic carbocycles. The van der Waals surface area contributed by atoms with Crippen molar-refractivity contribution in [3.63, 3.8) is 0 Å². The molecule has 0 amide bonds. The van der Waals surface area contributed by atoms with Gasteiger partial charge in [0.25, 0.3) is 0 Å². The van der Waals surface area contributed by atoms with E-state index in [1.807, 2.05) is 0 Å². The summed E-state index contributed by atoms with van der Waals surface area (Å²) in [5.74, 6) is 0.558. The second-order valence-electron chi connectivity index (χ2n) is 8.19. The first-order valence-corrected chi connectivity index (χ1v) is 10.2. The molecule has 2 heterocycles. The molecule has 0 aromatic heterocycles. The number of nitrogens with zero attached hydrogens (tertiary/aromatic N) is 3. The summed E-state index contributed by atoms with van der Waals surface area (Å²) in [6, 6.07) is 8.75. The van der Waals surface area contributed by atoms with E-state index < -0.39 is 0 Å². The number of rotatable bonds is 7. The fourth-order valence-corrected chi connectivity index (χ4v) is 3.79. The Hall–Kier alpha value is -1.63. The number of benzene rings is 1. The standard InChI is InChI=1S/C21H35N5O/c1-21(2,26-11-8-18-6-3-4-7-19(18)16-26)17-24-20(22)23-9-5-10-25-12-14-27-15-13-25/h3-4,6-7H,5,8-17H2,1-2H3,(H3,22,23,24). The number of hydrogen-bond acceptors (Lipinski definition) is 4. The van der Waals surface area contributed by atoms with Gasteiger partial charge in [-0.05, 0) is 44.4 Å². The Morgan fingerprint density at radius 1 is 1.19 bits per heavy atom. The van der Waals surface area contributed by atoms with Crippen molar-refractivity contribution in [1.82, 2.24) is 15.1 Å². The van der Waals surface area contributed by atoms with Crippen LogP contribution in [0.4, 0.5) is 0 Å². The van der Waals surface area contributed by atoms with Gasteiger partial charge in [-0.15, -0.1) is 0 Å². The van der Waals surface area contributed by atoms with Gasteiger partial charge in [-0.25, -0.2) is 0 Å². The summed E-state index contributed by atoms with van der Waals surface area (Å²) in [5, 5.41) is 3.26. The molecule has 1 aromatic rings. The number of ether oxygens (including phenoxy) is 1. The van der Waals surface area contributed by atoms with Crippen LogP contribution >= 0.6 is 0 Å². The molecule has 27 heavy (non-hydrogen) atoms. The van der Waals surface area contributed by atoms with E-state index >= 15 is 0 Å². The minimum Gasteiger partial charge on any atom is -0.379 e. The van der Waals surface area contributed by atoms with E-state index in [1.165, 1.54) is 11.1 Å². The molecule has 2 aliphatic heterocycles. The molecule has 0 unspecified atom stereocenters. The first-order chi connectivity index (χ1) is 13.0. The van der Waals surface area contributed by atoms with Crippen LogP contribution in [-0.4, -0.2) is 73.8 Å². The van der Waals surface area contributed by atoms with Crippen LogP contribution in [0.3, 0.4) is 0 Å². The van der Waals surface area contributed by atoms with E-state index in [9.17, 15) is 0 Å². The van der Waals surface area contributed by atoms with Crippen molar-refractivity contribution >= 4 is 5.96 Å². The average molecular weight is 374 g/mol. The molecule has 6 nitrogen and oxygen atoms in total. The van der Waals surface area contributed by atoms with E-state index in [4.69, 9.17) is 10.5 Å². The normalized spacial score (nSPS) is 19.7. The van der Waals surface area contributed by atoms with Crippen molar-refractivity contribution in [2.45, 2.75) is 38.8 Å². The van der Waals surface area contributed by atoms with Crippen LogP contribution in [0, 0.1) is 0 Å². The van der Waals surface area contributed by atoms with Gasteiger partial charge in [0.2, 0.25) is 0 Å². The molecule has 3 rings (SSSR count). The molecule has 6 heteroatoms. The van der Waals surface area contributed by atoms with Gasteiger partial charge in [-0.2, -0.15) is 0 Å². The van der Waals surface area contributed by atoms with Gasteiger partial charge in [0.15, 0.2) is 5.96 Å². The fraction of sp³-hybridized carbons (Fsp3) is 0.667. The highest BCUT2D eigenvalue weighted by molar-refractivity contribution is 5.77. The Bertz CT molecular complexity index is 625. The molecule has 1 saturated heterocycles. The zero-order chi connectivity index (χ0) is 19.1. The van der Waals surface area contributed by atoms with Gasteiger partial charge in [0, 0.05) is 38.3 Å². The van der Waals surface area contributed by atoms with Crippen LogP contribution in [-0.2, 0) is 17.7 Å². The molecule has 0 radical (unpaired) electrons. The van der Waals surface area contributed by atoms with Crippen LogP contribution in [0.25, 0.3) is 0 Å². The van der Waals surface area contributed by atoms with Gasteiger partial charge < -0.3 is 15.8 Å². The Kier molecular flexibility index (Phi) is 7.10. The van der Waals surface area contributed by atoms with Crippen molar-refractivity contribution in [2.75, 3.05) is 52.5 Å². The fourth-order valence-electron chi connectivity index (χ4n) is 3.79. The second kappa shape index (κ2) is 9.53. The van der Waals surface area contributed by atoms with Crippen LogP contribution in [0.5, 0.6) is 0 Å². The van der Waals surface area contributed by atoms with Gasteiger partial charge in [0.05, 0.1) is 19.8 Å². The zero-order valence-electron chi connectivity index (χ0n) is 16.9. The lowest BCUT2D eigenvalue weighted by Gasteiger charge is -2.40. The number of aliphatic imine (C=N–C) groups is 1. The highest BCUT2D eigenvalue weighted by Gasteiger charge is 2.29. The van der Waals surface area contributed by atoms with E-state index in [0.717, 1.165) is 65.3 Å². The quantitative estimate of drug-likeness (QED) is 0.430. The summed E-state index contributed by atoms with van der Waals surface area (Å²) in [7, 11) is 0. The lowest BCUT2D eigenvalue weighted by Crippen LogP contribution is -2.49. The highest BCUT2D eigenvalue weighted by atomic mass is 16.5. The van der Waals surface area contributed by atoms with Crippen LogP contribution < -0.4 is 11.1 Å². The Morgan fingerprint density at radius 3 is 2.70 bits per heavy atom. The highest BCUT2D eigenvalue weighted by Crippen LogP contribution is 2.25. The smallest absolute Gasteiger partial charge is 0.188 e. The predicted molar refractivity (Wildman–Crippen MR) is 111 cm³/mol. The maximum atomic E-state index is 6.09. The third kappa shape index (κ3) is 5.92. The number of nitrogens with one attached hydrogen (secondary N) is 1. The second-order valence-corrected chi connectivity index (χ2v) is 8.19. The van der Waals surface area contributed by atoms with Gasteiger partial charge >= 0.3 is 0 Å². The van der Waals surface area contributed by atoms with Crippen molar-refractivity contribution in [3.05, 3.63) is 35.4 Å². The van der Waals surface area contributed by atoms with Crippen LogP contribution in [0.2, 0.25) is 0 Å².